The van der Waals surface area contributed by atoms with E-state index in [0.717, 1.165) is 34.4 Å². The van der Waals surface area contributed by atoms with Gasteiger partial charge in [0.25, 0.3) is 0 Å². The zero-order valence-electron chi connectivity index (χ0n) is 11.7. The van der Waals surface area contributed by atoms with Gasteiger partial charge in [0.15, 0.2) is 0 Å². The summed E-state index contributed by atoms with van der Waals surface area (Å²) in [4.78, 5) is 8.92. The maximum absolute atomic E-state index is 5.98. The highest BCUT2D eigenvalue weighted by atomic mass is 32.2. The topological polar surface area (TPSA) is 95.4 Å². The van der Waals surface area contributed by atoms with E-state index in [0.29, 0.717) is 11.9 Å². The maximum Gasteiger partial charge on any atom is 0.215 e. The zero-order chi connectivity index (χ0) is 14.3. The molecule has 1 aliphatic carbocycles. The lowest BCUT2D eigenvalue weighted by molar-refractivity contribution is 0.565. The minimum Gasteiger partial charge on any atom is -0.383 e. The summed E-state index contributed by atoms with van der Waals surface area (Å²) >= 11 is 1.46. The highest BCUT2D eigenvalue weighted by molar-refractivity contribution is 7.99. The third kappa shape index (κ3) is 2.47. The molecule has 2 N–H and O–H groups in total. The van der Waals surface area contributed by atoms with Gasteiger partial charge in [0.2, 0.25) is 5.16 Å². The summed E-state index contributed by atoms with van der Waals surface area (Å²) in [5.41, 5.74) is 6.85. The van der Waals surface area contributed by atoms with Crippen LogP contribution in [0.2, 0.25) is 0 Å². The van der Waals surface area contributed by atoms with Crippen molar-refractivity contribution in [1.29, 1.82) is 0 Å². The molecule has 1 fully saturated rings. The van der Waals surface area contributed by atoms with E-state index in [1.807, 2.05) is 25.5 Å². The Morgan fingerprint density at radius 1 is 1.30 bits per heavy atom. The second-order valence-corrected chi connectivity index (χ2v) is 6.25. The number of nitrogens with two attached hydrogens (primary N) is 1. The number of hydrogen-bond donors (Lipinski definition) is 1. The van der Waals surface area contributed by atoms with Crippen LogP contribution in [0.25, 0.3) is 0 Å². The SMILES string of the molecule is Cc1c(N)nc(C(C)C)nc1Sc1nnnn1C1CC1. The summed E-state index contributed by atoms with van der Waals surface area (Å²) in [7, 11) is 0. The fourth-order valence-corrected chi connectivity index (χ4v) is 2.70. The van der Waals surface area contributed by atoms with Gasteiger partial charge in [-0.15, -0.1) is 5.10 Å². The van der Waals surface area contributed by atoms with Gasteiger partial charge in [-0.1, -0.05) is 13.8 Å². The van der Waals surface area contributed by atoms with Crippen molar-refractivity contribution in [2.24, 2.45) is 0 Å². The number of aromatic nitrogens is 6. The van der Waals surface area contributed by atoms with Crippen molar-refractivity contribution in [3.63, 3.8) is 0 Å². The number of nitrogens with zero attached hydrogens (tertiary/aromatic N) is 6. The fourth-order valence-electron chi connectivity index (χ4n) is 1.77. The van der Waals surface area contributed by atoms with Crippen LogP contribution < -0.4 is 5.73 Å². The monoisotopic (exact) mass is 291 g/mol. The second kappa shape index (κ2) is 5.01. The van der Waals surface area contributed by atoms with Crippen molar-refractivity contribution in [3.8, 4) is 0 Å². The predicted molar refractivity (Wildman–Crippen MR) is 75.5 cm³/mol. The largest absolute Gasteiger partial charge is 0.383 e. The molecule has 2 aromatic heterocycles. The van der Waals surface area contributed by atoms with Gasteiger partial charge in [0, 0.05) is 11.5 Å². The summed E-state index contributed by atoms with van der Waals surface area (Å²) in [6.45, 7) is 6.02. The van der Waals surface area contributed by atoms with Gasteiger partial charge in [0.05, 0.1) is 6.04 Å². The molecule has 3 rings (SSSR count). The lowest BCUT2D eigenvalue weighted by Crippen LogP contribution is -2.06. The molecule has 0 spiro atoms. The van der Waals surface area contributed by atoms with E-state index in [4.69, 9.17) is 5.73 Å². The molecule has 106 valence electrons. The minimum absolute atomic E-state index is 0.233. The van der Waals surface area contributed by atoms with E-state index < -0.39 is 0 Å². The molecular formula is C12H17N7S. The first kappa shape index (κ1) is 13.3. The number of tetrazole rings is 1. The van der Waals surface area contributed by atoms with E-state index in [1.165, 1.54) is 11.8 Å². The minimum atomic E-state index is 0.233. The first-order chi connectivity index (χ1) is 9.56. The molecule has 0 atom stereocenters. The molecule has 20 heavy (non-hydrogen) atoms. The molecule has 0 aliphatic heterocycles. The Morgan fingerprint density at radius 2 is 2.05 bits per heavy atom. The van der Waals surface area contributed by atoms with Gasteiger partial charge in [-0.25, -0.2) is 14.6 Å². The average Bonchev–Trinajstić information content (AvgIpc) is 3.15. The molecule has 2 aromatic rings. The van der Waals surface area contributed by atoms with Crippen LogP contribution in [-0.2, 0) is 0 Å². The Hall–Kier alpha value is -1.70. The van der Waals surface area contributed by atoms with Gasteiger partial charge < -0.3 is 5.73 Å². The molecule has 0 bridgehead atoms. The smallest absolute Gasteiger partial charge is 0.215 e. The van der Waals surface area contributed by atoms with Crippen molar-refractivity contribution in [1.82, 2.24) is 30.2 Å². The van der Waals surface area contributed by atoms with Crippen LogP contribution >= 0.6 is 11.8 Å². The Bertz CT molecular complexity index is 633. The zero-order valence-corrected chi connectivity index (χ0v) is 12.6. The quantitative estimate of drug-likeness (QED) is 0.860. The molecule has 2 heterocycles. The number of hydrogen-bond acceptors (Lipinski definition) is 7. The van der Waals surface area contributed by atoms with Crippen molar-refractivity contribution in [2.75, 3.05) is 5.73 Å². The molecule has 0 aromatic carbocycles. The average molecular weight is 291 g/mol. The standard InChI is InChI=1S/C12H17N7S/c1-6(2)10-14-9(13)7(3)11(15-10)20-12-16-17-18-19(12)8-4-5-8/h6,8H,4-5H2,1-3H3,(H2,13,14,15). The van der Waals surface area contributed by atoms with Gasteiger partial charge in [-0.3, -0.25) is 0 Å². The lowest BCUT2D eigenvalue weighted by atomic mass is 10.2. The molecule has 8 heteroatoms. The van der Waals surface area contributed by atoms with Crippen LogP contribution in [-0.4, -0.2) is 30.2 Å². The molecule has 7 nitrogen and oxygen atoms in total. The van der Waals surface area contributed by atoms with Crippen molar-refractivity contribution < 1.29 is 0 Å². The molecule has 1 saturated carbocycles. The predicted octanol–water partition coefficient (Wildman–Crippen LogP) is 1.96. The van der Waals surface area contributed by atoms with Crippen LogP contribution in [0.3, 0.4) is 0 Å². The molecule has 1 aliphatic rings. The highest BCUT2D eigenvalue weighted by Gasteiger charge is 2.28. The fraction of sp³-hybridized carbons (Fsp3) is 0.583. The van der Waals surface area contributed by atoms with Crippen molar-refractivity contribution in [2.45, 2.75) is 55.8 Å². The molecule has 0 radical (unpaired) electrons. The maximum atomic E-state index is 5.98. The highest BCUT2D eigenvalue weighted by Crippen LogP contribution is 2.38. The molecule has 0 unspecified atom stereocenters. The first-order valence-electron chi connectivity index (χ1n) is 6.66. The molecule has 0 amide bonds. The number of rotatable bonds is 4. The summed E-state index contributed by atoms with van der Waals surface area (Å²) in [5.74, 6) is 1.51. The van der Waals surface area contributed by atoms with Crippen LogP contribution in [0.15, 0.2) is 10.2 Å². The summed E-state index contributed by atoms with van der Waals surface area (Å²) < 4.78 is 1.87. The third-order valence-corrected chi connectivity index (χ3v) is 4.26. The number of anilines is 1. The number of nitrogen functional groups attached to an aromatic ring is 1. The molecule has 0 saturated heterocycles. The normalized spacial score (nSPS) is 15.0. The Balaban J connectivity index is 1.95. The van der Waals surface area contributed by atoms with E-state index in [1.54, 1.807) is 0 Å². The van der Waals surface area contributed by atoms with Crippen molar-refractivity contribution in [3.05, 3.63) is 11.4 Å². The Labute approximate surface area is 121 Å². The summed E-state index contributed by atoms with van der Waals surface area (Å²) in [6, 6.07) is 0.441. The van der Waals surface area contributed by atoms with E-state index >= 15 is 0 Å². The van der Waals surface area contributed by atoms with Gasteiger partial charge in [-0.05, 0) is 42.0 Å². The van der Waals surface area contributed by atoms with E-state index in [2.05, 4.69) is 25.5 Å². The Kier molecular flexibility index (Phi) is 3.33. The summed E-state index contributed by atoms with van der Waals surface area (Å²) in [6.07, 6.45) is 2.28. The van der Waals surface area contributed by atoms with Crippen molar-refractivity contribution >= 4 is 17.6 Å². The second-order valence-electron chi connectivity index (χ2n) is 5.29. The van der Waals surface area contributed by atoms with Gasteiger partial charge in [-0.2, -0.15) is 0 Å². The molecular weight excluding hydrogens is 274 g/mol. The third-order valence-electron chi connectivity index (χ3n) is 3.22. The van der Waals surface area contributed by atoms with Crippen LogP contribution in [0.1, 0.15) is 50.0 Å². The lowest BCUT2D eigenvalue weighted by Gasteiger charge is -2.11. The van der Waals surface area contributed by atoms with E-state index in [-0.39, 0.29) is 5.92 Å². The van der Waals surface area contributed by atoms with Crippen LogP contribution in [0.4, 0.5) is 5.82 Å². The first-order valence-corrected chi connectivity index (χ1v) is 7.47. The Morgan fingerprint density at radius 3 is 2.70 bits per heavy atom. The van der Waals surface area contributed by atoms with Crippen LogP contribution in [0.5, 0.6) is 0 Å². The van der Waals surface area contributed by atoms with E-state index in [9.17, 15) is 0 Å². The summed E-state index contributed by atoms with van der Waals surface area (Å²) in [5, 5.41) is 13.5. The van der Waals surface area contributed by atoms with Gasteiger partial charge in [0.1, 0.15) is 16.7 Å². The van der Waals surface area contributed by atoms with Gasteiger partial charge >= 0.3 is 0 Å². The van der Waals surface area contributed by atoms with Crippen LogP contribution in [0, 0.1) is 6.92 Å².